The van der Waals surface area contributed by atoms with Gasteiger partial charge in [-0.15, -0.1) is 0 Å². The molecule has 3 heterocycles. The van der Waals surface area contributed by atoms with Crippen molar-refractivity contribution in [1.29, 1.82) is 0 Å². The predicted octanol–water partition coefficient (Wildman–Crippen LogP) is 2.97. The number of amides is 1. The van der Waals surface area contributed by atoms with E-state index in [-0.39, 0.29) is 17.0 Å². The lowest BCUT2D eigenvalue weighted by atomic mass is 10.1. The second-order valence-corrected chi connectivity index (χ2v) is 10.2. The van der Waals surface area contributed by atoms with Crippen LogP contribution in [0, 0.1) is 13.8 Å². The highest BCUT2D eigenvalue weighted by molar-refractivity contribution is 7.89. The van der Waals surface area contributed by atoms with E-state index in [0.717, 1.165) is 28.3 Å². The van der Waals surface area contributed by atoms with Gasteiger partial charge in [0, 0.05) is 41.4 Å². The maximum absolute atomic E-state index is 13.1. The van der Waals surface area contributed by atoms with Crippen LogP contribution in [0.4, 0.5) is 5.69 Å². The number of hydrogen-bond donors (Lipinski definition) is 2. The number of fused-ring (bicyclic) bond motifs is 1. The van der Waals surface area contributed by atoms with E-state index in [0.29, 0.717) is 31.9 Å². The van der Waals surface area contributed by atoms with Crippen LogP contribution >= 0.6 is 0 Å². The third-order valence-corrected chi connectivity index (χ3v) is 8.11. The van der Waals surface area contributed by atoms with Crippen LogP contribution in [0.3, 0.4) is 0 Å². The second-order valence-electron chi connectivity index (χ2n) is 8.27. The van der Waals surface area contributed by atoms with Gasteiger partial charge in [-0.1, -0.05) is 18.2 Å². The van der Waals surface area contributed by atoms with Crippen LogP contribution < -0.4 is 10.6 Å². The lowest BCUT2D eigenvalue weighted by molar-refractivity contribution is 0.0730. The standard InChI is InChI=1S/C24H26N4O4S/c1-16-14-21(23-25-22-9-4-3-8-20(22)24(29)26-23)17(2)28(16)18-6-5-7-19(15-18)33(30,31)27-10-12-32-13-11-27/h3-9,14-15,23,25H,10-13H2,1-2H3,(H,26,29). The van der Waals surface area contributed by atoms with Crippen molar-refractivity contribution >= 4 is 21.6 Å². The zero-order valence-corrected chi connectivity index (χ0v) is 19.4. The van der Waals surface area contributed by atoms with Gasteiger partial charge in [0.1, 0.15) is 6.17 Å². The summed E-state index contributed by atoms with van der Waals surface area (Å²) in [5.41, 5.74) is 4.95. The van der Waals surface area contributed by atoms with E-state index >= 15 is 0 Å². The summed E-state index contributed by atoms with van der Waals surface area (Å²) in [6, 6.07) is 16.4. The minimum Gasteiger partial charge on any atom is -0.379 e. The first kappa shape index (κ1) is 21.7. The summed E-state index contributed by atoms with van der Waals surface area (Å²) in [5.74, 6) is -0.127. The fourth-order valence-corrected chi connectivity index (χ4v) is 6.01. The minimum absolute atomic E-state index is 0.127. The Hall–Kier alpha value is -3.14. The van der Waals surface area contributed by atoms with Crippen molar-refractivity contribution in [3.05, 3.63) is 77.1 Å². The van der Waals surface area contributed by atoms with Crippen LogP contribution in [0.2, 0.25) is 0 Å². The highest BCUT2D eigenvalue weighted by Gasteiger charge is 2.29. The van der Waals surface area contributed by atoms with Gasteiger partial charge in [0.15, 0.2) is 0 Å². The molecule has 2 aromatic carbocycles. The molecule has 1 aromatic heterocycles. The first-order chi connectivity index (χ1) is 15.9. The van der Waals surface area contributed by atoms with Gasteiger partial charge in [-0.3, -0.25) is 4.79 Å². The van der Waals surface area contributed by atoms with Crippen LogP contribution in [-0.2, 0) is 14.8 Å². The molecule has 9 heteroatoms. The Bertz CT molecular complexity index is 1330. The largest absolute Gasteiger partial charge is 0.379 e. The van der Waals surface area contributed by atoms with Gasteiger partial charge in [0.25, 0.3) is 5.91 Å². The number of rotatable bonds is 4. The van der Waals surface area contributed by atoms with Crippen molar-refractivity contribution < 1.29 is 17.9 Å². The topological polar surface area (TPSA) is 92.7 Å². The normalized spacial score (nSPS) is 19.0. The molecule has 5 rings (SSSR count). The molecular formula is C24H26N4O4S. The third-order valence-electron chi connectivity index (χ3n) is 6.21. The van der Waals surface area contributed by atoms with Gasteiger partial charge < -0.3 is 19.9 Å². The number of para-hydroxylation sites is 1. The number of nitrogens with zero attached hydrogens (tertiary/aromatic N) is 2. The zero-order chi connectivity index (χ0) is 23.2. The van der Waals surface area contributed by atoms with Crippen molar-refractivity contribution in [1.82, 2.24) is 14.2 Å². The molecule has 1 amide bonds. The van der Waals surface area contributed by atoms with E-state index in [4.69, 9.17) is 4.74 Å². The number of anilines is 1. The lowest BCUT2D eigenvalue weighted by Crippen LogP contribution is -2.40. The van der Waals surface area contributed by atoms with Gasteiger partial charge in [-0.25, -0.2) is 8.42 Å². The number of carbonyl (C=O) groups excluding carboxylic acids is 1. The van der Waals surface area contributed by atoms with Crippen molar-refractivity contribution in [3.63, 3.8) is 0 Å². The summed E-state index contributed by atoms with van der Waals surface area (Å²) >= 11 is 0. The number of nitrogens with one attached hydrogen (secondary N) is 2. The average Bonchev–Trinajstić information content (AvgIpc) is 3.13. The molecule has 2 N–H and O–H groups in total. The molecule has 0 aliphatic carbocycles. The summed E-state index contributed by atoms with van der Waals surface area (Å²) in [4.78, 5) is 12.9. The third kappa shape index (κ3) is 3.82. The van der Waals surface area contributed by atoms with Crippen LogP contribution in [0.1, 0.15) is 33.5 Å². The van der Waals surface area contributed by atoms with E-state index in [1.807, 2.05) is 48.7 Å². The van der Waals surface area contributed by atoms with Crippen LogP contribution in [0.25, 0.3) is 5.69 Å². The molecule has 1 fully saturated rings. The molecule has 2 aliphatic heterocycles. The monoisotopic (exact) mass is 466 g/mol. The van der Waals surface area contributed by atoms with Gasteiger partial charge in [0.2, 0.25) is 10.0 Å². The highest BCUT2D eigenvalue weighted by atomic mass is 32.2. The Morgan fingerprint density at radius 2 is 1.73 bits per heavy atom. The number of carbonyl (C=O) groups is 1. The first-order valence-corrected chi connectivity index (χ1v) is 12.3. The SMILES string of the molecule is Cc1cc(C2NC(=O)c3ccccc3N2)c(C)n1-c1cccc(S(=O)(=O)N2CCOCC2)c1. The Morgan fingerprint density at radius 1 is 0.970 bits per heavy atom. The summed E-state index contributed by atoms with van der Waals surface area (Å²) in [6.07, 6.45) is -0.382. The molecule has 0 spiro atoms. The van der Waals surface area contributed by atoms with E-state index < -0.39 is 10.0 Å². The Morgan fingerprint density at radius 3 is 2.52 bits per heavy atom. The van der Waals surface area contributed by atoms with Gasteiger partial charge in [0.05, 0.1) is 23.7 Å². The summed E-state index contributed by atoms with van der Waals surface area (Å²) in [7, 11) is -3.60. The molecule has 2 aliphatic rings. The van der Waals surface area contributed by atoms with Gasteiger partial charge in [-0.05, 0) is 50.2 Å². The molecule has 1 unspecified atom stereocenters. The molecule has 3 aromatic rings. The molecule has 1 saturated heterocycles. The van der Waals surface area contributed by atoms with Crippen molar-refractivity contribution in [3.8, 4) is 5.69 Å². The maximum Gasteiger partial charge on any atom is 0.255 e. The smallest absolute Gasteiger partial charge is 0.255 e. The molecule has 1 atom stereocenters. The second kappa shape index (κ2) is 8.33. The molecule has 0 radical (unpaired) electrons. The molecular weight excluding hydrogens is 440 g/mol. The zero-order valence-electron chi connectivity index (χ0n) is 18.5. The summed E-state index contributed by atoms with van der Waals surface area (Å²) in [5, 5.41) is 6.42. The van der Waals surface area contributed by atoms with Crippen molar-refractivity contribution in [2.45, 2.75) is 24.9 Å². The fourth-order valence-electron chi connectivity index (χ4n) is 4.56. The van der Waals surface area contributed by atoms with Crippen molar-refractivity contribution in [2.24, 2.45) is 0 Å². The van der Waals surface area contributed by atoms with Gasteiger partial charge >= 0.3 is 0 Å². The fraction of sp³-hybridized carbons (Fsp3) is 0.292. The Kier molecular flexibility index (Phi) is 5.48. The van der Waals surface area contributed by atoms with E-state index in [1.54, 1.807) is 24.3 Å². The lowest BCUT2D eigenvalue weighted by Gasteiger charge is -2.28. The quantitative estimate of drug-likeness (QED) is 0.617. The van der Waals surface area contributed by atoms with Crippen molar-refractivity contribution in [2.75, 3.05) is 31.6 Å². The molecule has 0 saturated carbocycles. The maximum atomic E-state index is 13.1. The first-order valence-electron chi connectivity index (χ1n) is 10.9. The van der Waals surface area contributed by atoms with Crippen LogP contribution in [0.5, 0.6) is 0 Å². The Labute approximate surface area is 193 Å². The van der Waals surface area contributed by atoms with Gasteiger partial charge in [-0.2, -0.15) is 4.31 Å². The summed E-state index contributed by atoms with van der Waals surface area (Å²) in [6.45, 7) is 5.46. The molecule has 172 valence electrons. The number of hydrogen-bond acceptors (Lipinski definition) is 5. The van der Waals surface area contributed by atoms with Crippen LogP contribution in [-0.4, -0.2) is 49.5 Å². The number of morpholine rings is 1. The number of benzene rings is 2. The Balaban J connectivity index is 1.50. The number of aryl methyl sites for hydroxylation is 1. The van der Waals surface area contributed by atoms with E-state index in [9.17, 15) is 13.2 Å². The van der Waals surface area contributed by atoms with E-state index in [2.05, 4.69) is 10.6 Å². The number of sulfonamides is 1. The molecule has 0 bridgehead atoms. The predicted molar refractivity (Wildman–Crippen MR) is 125 cm³/mol. The number of aromatic nitrogens is 1. The van der Waals surface area contributed by atoms with Crippen LogP contribution in [0.15, 0.2) is 59.5 Å². The minimum atomic E-state index is -3.60. The molecule has 8 nitrogen and oxygen atoms in total. The summed E-state index contributed by atoms with van der Waals surface area (Å²) < 4.78 is 35.1. The number of ether oxygens (including phenoxy) is 1. The highest BCUT2D eigenvalue weighted by Crippen LogP contribution is 2.31. The van der Waals surface area contributed by atoms with E-state index in [1.165, 1.54) is 4.31 Å². The molecule has 33 heavy (non-hydrogen) atoms. The average molecular weight is 467 g/mol.